The minimum Gasteiger partial charge on any atom is -0.756 e. The van der Waals surface area contributed by atoms with Crippen LogP contribution in [0, 0.1) is 0 Å². The van der Waals surface area contributed by atoms with Crippen LogP contribution in [0.5, 0.6) is 0 Å². The van der Waals surface area contributed by atoms with Crippen molar-refractivity contribution in [1.29, 1.82) is 0 Å². The fourth-order valence-corrected chi connectivity index (χ4v) is 11.7. The Bertz CT molecular complexity index is 1430. The maximum absolute atomic E-state index is 12.9. The zero-order valence-electron chi connectivity index (χ0n) is 55.5. The third kappa shape index (κ3) is 67.6. The fourth-order valence-electron chi connectivity index (χ4n) is 10.9. The summed E-state index contributed by atoms with van der Waals surface area (Å²) in [6.07, 6.45) is 80.0. The zero-order valence-corrected chi connectivity index (χ0v) is 56.4. The minimum atomic E-state index is -4.63. The lowest BCUT2D eigenvalue weighted by molar-refractivity contribution is -0.870. The Kier molecular flexibility index (Phi) is 62.8. The summed E-state index contributed by atoms with van der Waals surface area (Å²) in [7, 11) is 1.19. The van der Waals surface area contributed by atoms with Crippen LogP contribution in [0.1, 0.15) is 373 Å². The van der Waals surface area contributed by atoms with Gasteiger partial charge in [0.25, 0.3) is 7.82 Å². The van der Waals surface area contributed by atoms with Crippen LogP contribution in [0.4, 0.5) is 0 Å². The Morgan fingerprint density at radius 2 is 0.659 bits per heavy atom. The van der Waals surface area contributed by atoms with Gasteiger partial charge in [-0.25, -0.2) is 0 Å². The van der Waals surface area contributed by atoms with Crippen molar-refractivity contribution < 1.29 is 42.1 Å². The molecule has 2 atom stereocenters. The Morgan fingerprint density at radius 1 is 0.378 bits per heavy atom. The number of ether oxygens (including phenoxy) is 2. The van der Waals surface area contributed by atoms with Gasteiger partial charge in [0.2, 0.25) is 0 Å². The van der Waals surface area contributed by atoms with Gasteiger partial charge in [-0.1, -0.05) is 340 Å². The first-order valence-corrected chi connectivity index (χ1v) is 37.5. The number of phosphoric acid groups is 1. The predicted octanol–water partition coefficient (Wildman–Crippen LogP) is 22.6. The SMILES string of the molecule is CCCCCCC/C=C\C/C=C\CCCCCCCCCCCCCCCCCCCCCCCCCCCCCC(=O)OC(COC(=O)CCCCCCCCCCCCCCCCCCCCC)COP(=O)([O-])OCC[N+](C)(C)C. The van der Waals surface area contributed by atoms with E-state index in [2.05, 4.69) is 38.2 Å². The molecular formula is C72H140NO8P. The third-order valence-electron chi connectivity index (χ3n) is 16.5. The minimum absolute atomic E-state index is 0.0261. The molecule has 0 aliphatic carbocycles. The van der Waals surface area contributed by atoms with Crippen molar-refractivity contribution in [2.75, 3.05) is 47.5 Å². The van der Waals surface area contributed by atoms with E-state index in [-0.39, 0.29) is 32.0 Å². The lowest BCUT2D eigenvalue weighted by atomic mass is 10.0. The summed E-state index contributed by atoms with van der Waals surface area (Å²) in [5.74, 6) is -0.808. The number of hydrogen-bond acceptors (Lipinski definition) is 8. The number of unbranched alkanes of at least 4 members (excludes halogenated alkanes) is 50. The van der Waals surface area contributed by atoms with Gasteiger partial charge in [-0.3, -0.25) is 14.2 Å². The zero-order chi connectivity index (χ0) is 59.8. The second kappa shape index (κ2) is 64.0. The largest absolute Gasteiger partial charge is 0.756 e. The lowest BCUT2D eigenvalue weighted by Crippen LogP contribution is -2.37. The molecular weight excluding hydrogens is 1040 g/mol. The van der Waals surface area contributed by atoms with E-state index in [1.54, 1.807) is 0 Å². The van der Waals surface area contributed by atoms with Crippen LogP contribution in [0.15, 0.2) is 24.3 Å². The van der Waals surface area contributed by atoms with Gasteiger partial charge < -0.3 is 27.9 Å². The quantitative estimate of drug-likeness (QED) is 0.0195. The Labute approximate surface area is 510 Å². The Morgan fingerprint density at radius 3 is 0.963 bits per heavy atom. The van der Waals surface area contributed by atoms with E-state index < -0.39 is 26.5 Å². The number of quaternary nitrogens is 1. The predicted molar refractivity (Wildman–Crippen MR) is 351 cm³/mol. The van der Waals surface area contributed by atoms with Crippen molar-refractivity contribution in [1.82, 2.24) is 0 Å². The number of carbonyl (C=O) groups excluding carboxylic acids is 2. The summed E-state index contributed by atoms with van der Waals surface area (Å²) in [6.45, 7) is 4.31. The summed E-state index contributed by atoms with van der Waals surface area (Å²) in [5, 5.41) is 0. The van der Waals surface area contributed by atoms with Crippen molar-refractivity contribution in [3.63, 3.8) is 0 Å². The van der Waals surface area contributed by atoms with Gasteiger partial charge in [-0.05, 0) is 44.9 Å². The third-order valence-corrected chi connectivity index (χ3v) is 17.4. The molecule has 82 heavy (non-hydrogen) atoms. The number of carbonyl (C=O) groups is 2. The van der Waals surface area contributed by atoms with Gasteiger partial charge in [-0.2, -0.15) is 0 Å². The molecule has 0 aromatic carbocycles. The molecule has 0 saturated carbocycles. The van der Waals surface area contributed by atoms with Crippen molar-refractivity contribution >= 4 is 19.8 Å². The molecule has 486 valence electrons. The summed E-state index contributed by atoms with van der Waals surface area (Å²) in [4.78, 5) is 38.0. The number of esters is 2. The van der Waals surface area contributed by atoms with Gasteiger partial charge in [0.05, 0.1) is 27.7 Å². The monoisotopic (exact) mass is 1180 g/mol. The van der Waals surface area contributed by atoms with Gasteiger partial charge in [-0.15, -0.1) is 0 Å². The van der Waals surface area contributed by atoms with Crippen molar-refractivity contribution in [2.45, 2.75) is 380 Å². The summed E-state index contributed by atoms with van der Waals surface area (Å²) in [6, 6.07) is 0. The van der Waals surface area contributed by atoms with E-state index in [1.165, 1.54) is 302 Å². The Hall–Kier alpha value is -1.51. The fraction of sp³-hybridized carbons (Fsp3) is 0.917. The molecule has 0 heterocycles. The number of likely N-dealkylation sites (N-methyl/N-ethyl adjacent to an activating group) is 1. The molecule has 0 rings (SSSR count). The molecule has 0 bridgehead atoms. The summed E-state index contributed by atoms with van der Waals surface area (Å²) < 4.78 is 34.3. The topological polar surface area (TPSA) is 111 Å². The highest BCUT2D eigenvalue weighted by Crippen LogP contribution is 2.38. The number of rotatable bonds is 68. The highest BCUT2D eigenvalue weighted by atomic mass is 31.2. The smallest absolute Gasteiger partial charge is 0.306 e. The van der Waals surface area contributed by atoms with Gasteiger partial charge in [0.1, 0.15) is 19.8 Å². The van der Waals surface area contributed by atoms with E-state index in [9.17, 15) is 19.0 Å². The van der Waals surface area contributed by atoms with Crippen LogP contribution in [-0.4, -0.2) is 70.0 Å². The van der Waals surface area contributed by atoms with Crippen LogP contribution < -0.4 is 4.89 Å². The van der Waals surface area contributed by atoms with Crippen LogP contribution >= 0.6 is 7.82 Å². The number of hydrogen-bond donors (Lipinski definition) is 0. The Balaban J connectivity index is 3.88. The van der Waals surface area contributed by atoms with Crippen LogP contribution in [0.25, 0.3) is 0 Å². The molecule has 9 nitrogen and oxygen atoms in total. The second-order valence-electron chi connectivity index (χ2n) is 26.0. The first-order valence-electron chi connectivity index (χ1n) is 36.0. The molecule has 0 aliphatic rings. The highest BCUT2D eigenvalue weighted by molar-refractivity contribution is 7.45. The maximum atomic E-state index is 12.9. The molecule has 0 N–H and O–H groups in total. The van der Waals surface area contributed by atoms with E-state index in [0.717, 1.165) is 38.5 Å². The van der Waals surface area contributed by atoms with E-state index in [0.29, 0.717) is 17.4 Å². The number of nitrogens with zero attached hydrogens (tertiary/aromatic N) is 1. The van der Waals surface area contributed by atoms with E-state index in [1.807, 2.05) is 21.1 Å². The molecule has 0 spiro atoms. The van der Waals surface area contributed by atoms with Crippen molar-refractivity contribution in [2.24, 2.45) is 0 Å². The van der Waals surface area contributed by atoms with Crippen LogP contribution in [-0.2, 0) is 32.7 Å². The van der Waals surface area contributed by atoms with E-state index >= 15 is 0 Å². The summed E-state index contributed by atoms with van der Waals surface area (Å²) in [5.41, 5.74) is 0. The molecule has 0 saturated heterocycles. The molecule has 2 unspecified atom stereocenters. The second-order valence-corrected chi connectivity index (χ2v) is 27.4. The average molecular weight is 1180 g/mol. The van der Waals surface area contributed by atoms with Crippen LogP contribution in [0.3, 0.4) is 0 Å². The van der Waals surface area contributed by atoms with Crippen LogP contribution in [0.2, 0.25) is 0 Å². The van der Waals surface area contributed by atoms with Gasteiger partial charge >= 0.3 is 11.9 Å². The van der Waals surface area contributed by atoms with Crippen molar-refractivity contribution in [3.8, 4) is 0 Å². The van der Waals surface area contributed by atoms with E-state index in [4.69, 9.17) is 18.5 Å². The standard InChI is InChI=1S/C72H140NO8P/c1-6-8-10-12-14-16-18-20-22-24-26-27-28-29-30-31-32-33-34-35-36-37-38-39-40-41-42-43-44-45-47-49-51-53-55-57-59-61-63-65-72(75)81-70(69-80-82(76,77)79-67-66-73(3,4)5)68-78-71(74)64-62-60-58-56-54-52-50-48-46-25-23-21-19-17-15-13-11-9-7-2/h18,20,24,26,70H,6-17,19,21-23,25,27-69H2,1-5H3/b20-18-,26-24-. The molecule has 0 amide bonds. The highest BCUT2D eigenvalue weighted by Gasteiger charge is 2.22. The molecule has 0 aliphatic heterocycles. The molecule has 0 radical (unpaired) electrons. The number of allylic oxidation sites excluding steroid dienone is 4. The molecule has 10 heteroatoms. The van der Waals surface area contributed by atoms with Gasteiger partial charge in [0.15, 0.2) is 6.10 Å². The van der Waals surface area contributed by atoms with Crippen molar-refractivity contribution in [3.05, 3.63) is 24.3 Å². The lowest BCUT2D eigenvalue weighted by Gasteiger charge is -2.28. The average Bonchev–Trinajstić information content (AvgIpc) is 3.46. The molecule has 0 aromatic heterocycles. The van der Waals surface area contributed by atoms with Gasteiger partial charge in [0, 0.05) is 12.8 Å². The molecule has 0 aromatic rings. The maximum Gasteiger partial charge on any atom is 0.306 e. The first kappa shape index (κ1) is 80.5. The molecule has 0 fully saturated rings. The number of phosphoric ester groups is 1. The normalized spacial score (nSPS) is 13.2. The first-order chi connectivity index (χ1) is 40.0. The summed E-state index contributed by atoms with van der Waals surface area (Å²) >= 11 is 0.